The Bertz CT molecular complexity index is 951. The Morgan fingerprint density at radius 2 is 1.69 bits per heavy atom. The summed E-state index contributed by atoms with van der Waals surface area (Å²) in [6.07, 6.45) is 2.00. The number of carbonyl (C=O) groups is 2. The van der Waals surface area contributed by atoms with Crippen LogP contribution in [0, 0.1) is 31.6 Å². The van der Waals surface area contributed by atoms with E-state index in [9.17, 15) is 9.59 Å². The van der Waals surface area contributed by atoms with Crippen molar-refractivity contribution in [1.82, 2.24) is 9.80 Å². The van der Waals surface area contributed by atoms with Crippen molar-refractivity contribution in [2.24, 2.45) is 17.8 Å². The van der Waals surface area contributed by atoms with Crippen LogP contribution in [-0.4, -0.2) is 54.4 Å². The van der Waals surface area contributed by atoms with E-state index in [1.165, 1.54) is 5.56 Å². The van der Waals surface area contributed by atoms with Gasteiger partial charge in [0.25, 0.3) is 5.91 Å². The van der Waals surface area contributed by atoms with Gasteiger partial charge in [0.2, 0.25) is 5.91 Å². The number of hydrogen-bond acceptors (Lipinski definition) is 3. The Morgan fingerprint density at radius 1 is 0.969 bits per heavy atom. The number of aryl methyl sites for hydroxylation is 2. The lowest BCUT2D eigenvalue weighted by atomic mass is 9.78. The summed E-state index contributed by atoms with van der Waals surface area (Å²) in [5.41, 5.74) is 3.00. The Kier molecular flexibility index (Phi) is 6.83. The molecule has 0 N–H and O–H groups in total. The van der Waals surface area contributed by atoms with Crippen molar-refractivity contribution in [2.45, 2.75) is 33.6 Å². The number of benzene rings is 2. The molecular weight excluding hydrogens is 400 g/mol. The minimum Gasteiger partial charge on any atom is -0.493 e. The Hall–Kier alpha value is -2.82. The molecule has 4 rings (SSSR count). The fraction of sp³-hybridized carbons (Fsp3) is 0.481. The topological polar surface area (TPSA) is 49.9 Å². The quantitative estimate of drug-likeness (QED) is 0.704. The second-order valence-electron chi connectivity index (χ2n) is 9.42. The summed E-state index contributed by atoms with van der Waals surface area (Å²) in [6.45, 7) is 9.44. The zero-order valence-electron chi connectivity index (χ0n) is 19.4. The van der Waals surface area contributed by atoms with E-state index in [0.29, 0.717) is 24.4 Å². The molecule has 2 aromatic rings. The predicted octanol–water partition coefficient (Wildman–Crippen LogP) is 4.33. The highest BCUT2D eigenvalue weighted by Gasteiger charge is 2.41. The monoisotopic (exact) mass is 434 g/mol. The normalized spacial score (nSPS) is 21.6. The molecule has 0 aromatic heterocycles. The third kappa shape index (κ3) is 4.98. The number of piperidine rings is 1. The van der Waals surface area contributed by atoms with E-state index < -0.39 is 0 Å². The minimum atomic E-state index is 0.121. The van der Waals surface area contributed by atoms with Crippen molar-refractivity contribution < 1.29 is 14.3 Å². The average Bonchev–Trinajstić information content (AvgIpc) is 3.22. The fourth-order valence-corrected chi connectivity index (χ4v) is 5.36. The van der Waals surface area contributed by atoms with Crippen LogP contribution >= 0.6 is 0 Å². The second kappa shape index (κ2) is 9.76. The average molecular weight is 435 g/mol. The van der Waals surface area contributed by atoms with Gasteiger partial charge >= 0.3 is 0 Å². The standard InChI is InChI=1S/C27H34N2O3/c1-19-9-10-25(20(2)15-19)27(31)29-16-23(18-32-24-7-5-4-6-8-24)26(17-29)22-11-13-28(14-12-22)21(3)30/h4-10,15,22-23,26H,11-14,16-18H2,1-3H3/t23-,26-/m0/s1. The van der Waals surface area contributed by atoms with Crippen LogP contribution in [0.25, 0.3) is 0 Å². The lowest BCUT2D eigenvalue weighted by molar-refractivity contribution is -0.130. The van der Waals surface area contributed by atoms with E-state index in [2.05, 4.69) is 13.0 Å². The molecule has 0 radical (unpaired) electrons. The molecule has 0 saturated carbocycles. The molecule has 0 spiro atoms. The van der Waals surface area contributed by atoms with Gasteiger partial charge < -0.3 is 14.5 Å². The van der Waals surface area contributed by atoms with Gasteiger partial charge in [0.15, 0.2) is 0 Å². The predicted molar refractivity (Wildman–Crippen MR) is 126 cm³/mol. The zero-order chi connectivity index (χ0) is 22.7. The molecule has 0 unspecified atom stereocenters. The largest absolute Gasteiger partial charge is 0.493 e. The van der Waals surface area contributed by atoms with Crippen LogP contribution < -0.4 is 4.74 Å². The van der Waals surface area contributed by atoms with Crippen LogP contribution in [0.5, 0.6) is 5.75 Å². The van der Waals surface area contributed by atoms with E-state index >= 15 is 0 Å². The summed E-state index contributed by atoms with van der Waals surface area (Å²) in [7, 11) is 0. The van der Waals surface area contributed by atoms with Crippen LogP contribution in [0.4, 0.5) is 0 Å². The van der Waals surface area contributed by atoms with Gasteiger partial charge in [0.05, 0.1) is 6.61 Å². The second-order valence-corrected chi connectivity index (χ2v) is 9.42. The summed E-state index contributed by atoms with van der Waals surface area (Å²) in [5.74, 6) is 2.34. The number of ether oxygens (including phenoxy) is 1. The van der Waals surface area contributed by atoms with Crippen molar-refractivity contribution in [1.29, 1.82) is 0 Å². The molecule has 170 valence electrons. The first-order chi connectivity index (χ1) is 15.4. The molecule has 2 heterocycles. The summed E-state index contributed by atoms with van der Waals surface area (Å²) in [5, 5.41) is 0. The van der Waals surface area contributed by atoms with Crippen molar-refractivity contribution in [2.75, 3.05) is 32.8 Å². The van der Waals surface area contributed by atoms with Crippen LogP contribution in [0.1, 0.15) is 41.3 Å². The van der Waals surface area contributed by atoms with Gasteiger partial charge in [-0.3, -0.25) is 9.59 Å². The van der Waals surface area contributed by atoms with Crippen LogP contribution in [0.15, 0.2) is 48.5 Å². The number of nitrogens with zero attached hydrogens (tertiary/aromatic N) is 2. The lowest BCUT2D eigenvalue weighted by Gasteiger charge is -2.36. The Balaban J connectivity index is 1.49. The summed E-state index contributed by atoms with van der Waals surface area (Å²) >= 11 is 0. The maximum atomic E-state index is 13.4. The molecule has 2 atom stereocenters. The summed E-state index contributed by atoms with van der Waals surface area (Å²) in [4.78, 5) is 29.1. The highest BCUT2D eigenvalue weighted by atomic mass is 16.5. The van der Waals surface area contributed by atoms with Crippen LogP contribution in [0.2, 0.25) is 0 Å². The molecule has 5 heteroatoms. The zero-order valence-corrected chi connectivity index (χ0v) is 19.4. The molecule has 0 aliphatic carbocycles. The first kappa shape index (κ1) is 22.4. The number of amides is 2. The smallest absolute Gasteiger partial charge is 0.254 e. The van der Waals surface area contributed by atoms with Crippen LogP contribution in [0.3, 0.4) is 0 Å². The van der Waals surface area contributed by atoms with Gasteiger partial charge in [-0.05, 0) is 62.3 Å². The molecule has 5 nitrogen and oxygen atoms in total. The molecule has 2 aromatic carbocycles. The van der Waals surface area contributed by atoms with Gasteiger partial charge in [0, 0.05) is 44.6 Å². The third-order valence-corrected chi connectivity index (χ3v) is 7.19. The number of hydrogen-bond donors (Lipinski definition) is 0. The van der Waals surface area contributed by atoms with Crippen molar-refractivity contribution >= 4 is 11.8 Å². The Morgan fingerprint density at radius 3 is 2.34 bits per heavy atom. The van der Waals surface area contributed by atoms with Crippen molar-refractivity contribution in [3.63, 3.8) is 0 Å². The van der Waals surface area contributed by atoms with Gasteiger partial charge in [-0.25, -0.2) is 0 Å². The van der Waals surface area contributed by atoms with Crippen LogP contribution in [-0.2, 0) is 4.79 Å². The Labute approximate surface area is 191 Å². The number of rotatable bonds is 5. The van der Waals surface area contributed by atoms with Gasteiger partial charge in [-0.1, -0.05) is 35.9 Å². The molecule has 2 aliphatic rings. The van der Waals surface area contributed by atoms with E-state index in [1.807, 2.05) is 59.2 Å². The maximum absolute atomic E-state index is 13.4. The van der Waals surface area contributed by atoms with Crippen molar-refractivity contribution in [3.05, 3.63) is 65.2 Å². The maximum Gasteiger partial charge on any atom is 0.254 e. The molecule has 0 bridgehead atoms. The molecular formula is C27H34N2O3. The SMILES string of the molecule is CC(=O)N1CCC([C@@H]2CN(C(=O)c3ccc(C)cc3C)C[C@H]2COc2ccccc2)CC1. The first-order valence-electron chi connectivity index (χ1n) is 11.7. The summed E-state index contributed by atoms with van der Waals surface area (Å²) < 4.78 is 6.14. The van der Waals surface area contributed by atoms with Gasteiger partial charge in [-0.15, -0.1) is 0 Å². The molecule has 2 amide bonds. The molecule has 2 saturated heterocycles. The third-order valence-electron chi connectivity index (χ3n) is 7.19. The van der Waals surface area contributed by atoms with Gasteiger partial charge in [0.1, 0.15) is 5.75 Å². The van der Waals surface area contributed by atoms with E-state index in [0.717, 1.165) is 55.9 Å². The first-order valence-corrected chi connectivity index (χ1v) is 11.7. The fourth-order valence-electron chi connectivity index (χ4n) is 5.36. The highest BCUT2D eigenvalue weighted by Crippen LogP contribution is 2.37. The number of carbonyl (C=O) groups excluding carboxylic acids is 2. The molecule has 2 fully saturated rings. The van der Waals surface area contributed by atoms with E-state index in [4.69, 9.17) is 4.74 Å². The van der Waals surface area contributed by atoms with E-state index in [1.54, 1.807) is 6.92 Å². The van der Waals surface area contributed by atoms with Gasteiger partial charge in [-0.2, -0.15) is 0 Å². The molecule has 2 aliphatic heterocycles. The summed E-state index contributed by atoms with van der Waals surface area (Å²) in [6, 6.07) is 16.0. The number of para-hydroxylation sites is 1. The highest BCUT2D eigenvalue weighted by molar-refractivity contribution is 5.96. The lowest BCUT2D eigenvalue weighted by Crippen LogP contribution is -2.40. The van der Waals surface area contributed by atoms with E-state index in [-0.39, 0.29) is 11.8 Å². The van der Waals surface area contributed by atoms with Crippen molar-refractivity contribution in [3.8, 4) is 5.75 Å². The molecule has 32 heavy (non-hydrogen) atoms. The minimum absolute atomic E-state index is 0.121. The number of likely N-dealkylation sites (tertiary alicyclic amines) is 2.